The van der Waals surface area contributed by atoms with Crippen LogP contribution in [0.15, 0.2) is 80.3 Å². The number of rotatable bonds is 6. The average molecular weight is 559 g/mol. The predicted octanol–water partition coefficient (Wildman–Crippen LogP) is 8.05. The van der Waals surface area contributed by atoms with Crippen molar-refractivity contribution in [1.29, 1.82) is 0 Å². The summed E-state index contributed by atoms with van der Waals surface area (Å²) in [5.41, 5.74) is 4.82. The van der Waals surface area contributed by atoms with Crippen molar-refractivity contribution in [3.8, 4) is 5.75 Å². The van der Waals surface area contributed by atoms with Crippen LogP contribution in [0.5, 0.6) is 5.75 Å². The maximum absolute atomic E-state index is 9.67. The molecule has 2 aromatic rings. The molecule has 6 heteroatoms. The van der Waals surface area contributed by atoms with Crippen molar-refractivity contribution in [2.45, 2.75) is 47.1 Å². The molecule has 1 aliphatic heterocycles. The number of para-hydroxylation sites is 1. The van der Waals surface area contributed by atoms with Gasteiger partial charge in [0.2, 0.25) is 0 Å². The van der Waals surface area contributed by atoms with Gasteiger partial charge in [-0.15, -0.1) is 0 Å². The summed E-state index contributed by atoms with van der Waals surface area (Å²) < 4.78 is 0.853. The lowest BCUT2D eigenvalue weighted by atomic mass is 9.99. The summed E-state index contributed by atoms with van der Waals surface area (Å²) in [5.74, 6) is 1.29. The molecule has 188 valence electrons. The molecule has 0 radical (unpaired) electrons. The number of aromatic hydroxyl groups is 1. The average Bonchev–Trinajstić information content (AvgIpc) is 2.82. The van der Waals surface area contributed by atoms with Gasteiger partial charge in [-0.3, -0.25) is 14.9 Å². The molecule has 1 fully saturated rings. The second-order valence-corrected chi connectivity index (χ2v) is 10.4. The lowest BCUT2D eigenvalue weighted by Gasteiger charge is -2.30. The van der Waals surface area contributed by atoms with Gasteiger partial charge in [0.25, 0.3) is 0 Å². The first kappa shape index (κ1) is 29.0. The zero-order valence-electron chi connectivity index (χ0n) is 21.4. The molecule has 0 bridgehead atoms. The van der Waals surface area contributed by atoms with E-state index in [0.29, 0.717) is 10.8 Å². The molecular formula is C29H37BrClN3O. The van der Waals surface area contributed by atoms with Crippen molar-refractivity contribution < 1.29 is 5.11 Å². The van der Waals surface area contributed by atoms with Crippen molar-refractivity contribution in [1.82, 2.24) is 4.90 Å². The van der Waals surface area contributed by atoms with E-state index < -0.39 is 0 Å². The van der Waals surface area contributed by atoms with E-state index in [1.807, 2.05) is 69.3 Å². The van der Waals surface area contributed by atoms with E-state index in [4.69, 9.17) is 11.6 Å². The van der Waals surface area contributed by atoms with Gasteiger partial charge in [-0.1, -0.05) is 60.5 Å². The standard InChI is InChI=1S/C16H18BrClN2.C13H19NO/c1-11(2)9-16(13-7-5-6-8-15(13)18)20-12(3)14(17)10-19-4;1-11-6-8-14(9-7-11)10-12-4-2-3-5-13(12)15/h5-10H,1-4H3;2-5,11,15H,6-10H2,1H3/b14-12-,19-10?,20-16?;. The largest absolute Gasteiger partial charge is 0.508 e. The van der Waals surface area contributed by atoms with Crippen LogP contribution >= 0.6 is 27.5 Å². The van der Waals surface area contributed by atoms with Gasteiger partial charge in [0.1, 0.15) is 5.75 Å². The van der Waals surface area contributed by atoms with Crippen LogP contribution in [0, 0.1) is 5.92 Å². The number of phenolic OH excluding ortho intramolecular Hbond substituents is 1. The molecular weight excluding hydrogens is 522 g/mol. The predicted molar refractivity (Wildman–Crippen MR) is 155 cm³/mol. The second-order valence-electron chi connectivity index (χ2n) is 9.11. The van der Waals surface area contributed by atoms with Gasteiger partial charge in [0.15, 0.2) is 0 Å². The first-order valence-electron chi connectivity index (χ1n) is 12.0. The lowest BCUT2D eigenvalue weighted by Crippen LogP contribution is -2.32. The highest BCUT2D eigenvalue weighted by Gasteiger charge is 2.16. The monoisotopic (exact) mass is 557 g/mol. The Morgan fingerprint density at radius 1 is 1.09 bits per heavy atom. The van der Waals surface area contributed by atoms with Crippen molar-refractivity contribution >= 4 is 39.5 Å². The number of hydrogen-bond donors (Lipinski definition) is 1. The lowest BCUT2D eigenvalue weighted by molar-refractivity contribution is 0.183. The second kappa shape index (κ2) is 15.0. The van der Waals surface area contributed by atoms with E-state index in [9.17, 15) is 5.11 Å². The van der Waals surface area contributed by atoms with Crippen LogP contribution < -0.4 is 0 Å². The van der Waals surface area contributed by atoms with Crippen LogP contribution in [0.2, 0.25) is 5.02 Å². The highest BCUT2D eigenvalue weighted by atomic mass is 79.9. The zero-order chi connectivity index (χ0) is 25.8. The zero-order valence-corrected chi connectivity index (χ0v) is 23.8. The molecule has 3 rings (SSSR count). The fraction of sp³-hybridized carbons (Fsp3) is 0.379. The van der Waals surface area contributed by atoms with E-state index >= 15 is 0 Å². The van der Waals surface area contributed by atoms with Crippen LogP contribution in [-0.2, 0) is 6.54 Å². The molecule has 0 aliphatic carbocycles. The molecule has 1 N–H and O–H groups in total. The normalized spacial score (nSPS) is 15.9. The molecule has 0 atom stereocenters. The third-order valence-electron chi connectivity index (χ3n) is 5.71. The first-order valence-corrected chi connectivity index (χ1v) is 13.1. The number of nitrogens with zero attached hydrogens (tertiary/aromatic N) is 3. The molecule has 1 saturated heterocycles. The summed E-state index contributed by atoms with van der Waals surface area (Å²) in [7, 11) is 1.73. The third-order valence-corrected chi connectivity index (χ3v) is 6.82. The maximum Gasteiger partial charge on any atom is 0.120 e. The Kier molecular flexibility index (Phi) is 12.5. The number of piperidine rings is 1. The van der Waals surface area contributed by atoms with Gasteiger partial charge < -0.3 is 5.11 Å². The molecule has 1 heterocycles. The fourth-order valence-electron chi connectivity index (χ4n) is 3.66. The minimum absolute atomic E-state index is 0.427. The van der Waals surface area contributed by atoms with Gasteiger partial charge in [-0.05, 0) is 86.8 Å². The minimum Gasteiger partial charge on any atom is -0.508 e. The van der Waals surface area contributed by atoms with Crippen LogP contribution in [-0.4, -0.2) is 42.1 Å². The highest BCUT2D eigenvalue weighted by molar-refractivity contribution is 9.12. The summed E-state index contributed by atoms with van der Waals surface area (Å²) in [5, 5.41) is 10.4. The van der Waals surface area contributed by atoms with E-state index in [-0.39, 0.29) is 0 Å². The number of benzene rings is 2. The number of likely N-dealkylation sites (tertiary alicyclic amines) is 1. The van der Waals surface area contributed by atoms with E-state index in [0.717, 1.165) is 58.1 Å². The molecule has 0 spiro atoms. The molecule has 0 aromatic heterocycles. The van der Waals surface area contributed by atoms with E-state index in [1.165, 1.54) is 12.8 Å². The number of phenols is 1. The fourth-order valence-corrected chi connectivity index (χ4v) is 4.19. The summed E-state index contributed by atoms with van der Waals surface area (Å²) in [6.45, 7) is 11.5. The number of hydrogen-bond acceptors (Lipinski definition) is 4. The molecule has 0 unspecified atom stereocenters. The van der Waals surface area contributed by atoms with Crippen molar-refractivity contribution in [2.75, 3.05) is 20.1 Å². The van der Waals surface area contributed by atoms with Crippen molar-refractivity contribution in [3.05, 3.63) is 86.5 Å². The van der Waals surface area contributed by atoms with E-state index in [1.54, 1.807) is 19.3 Å². The smallest absolute Gasteiger partial charge is 0.120 e. The maximum atomic E-state index is 9.67. The highest BCUT2D eigenvalue weighted by Crippen LogP contribution is 2.22. The van der Waals surface area contributed by atoms with Gasteiger partial charge in [-0.2, -0.15) is 0 Å². The molecule has 0 saturated carbocycles. The Balaban J connectivity index is 0.000000256. The SMILES string of the molecule is CC1CCN(Cc2ccccc2O)CC1.CN=C/C(Br)=C(\C)N=C(C=C(C)C)c1ccccc1Cl. The van der Waals surface area contributed by atoms with Gasteiger partial charge in [-0.25, -0.2) is 0 Å². The number of allylic oxidation sites excluding steroid dienone is 4. The Morgan fingerprint density at radius 3 is 2.31 bits per heavy atom. The number of aliphatic imine (C=N–C) groups is 2. The molecule has 2 aromatic carbocycles. The summed E-state index contributed by atoms with van der Waals surface area (Å²) >= 11 is 9.72. The molecule has 35 heavy (non-hydrogen) atoms. The van der Waals surface area contributed by atoms with Crippen LogP contribution in [0.4, 0.5) is 0 Å². The van der Waals surface area contributed by atoms with Gasteiger partial charge in [0.05, 0.1) is 15.9 Å². The van der Waals surface area contributed by atoms with E-state index in [2.05, 4.69) is 37.7 Å². The topological polar surface area (TPSA) is 48.2 Å². The van der Waals surface area contributed by atoms with Crippen molar-refractivity contribution in [3.63, 3.8) is 0 Å². The summed E-state index contributed by atoms with van der Waals surface area (Å²) in [6.07, 6.45) is 6.32. The van der Waals surface area contributed by atoms with Crippen LogP contribution in [0.25, 0.3) is 0 Å². The third kappa shape index (κ3) is 10.1. The Labute approximate surface area is 224 Å². The Hall–Kier alpha value is -2.21. The Morgan fingerprint density at radius 2 is 1.71 bits per heavy atom. The van der Waals surface area contributed by atoms with Gasteiger partial charge >= 0.3 is 0 Å². The Bertz CT molecular complexity index is 1080. The number of halogens is 2. The quantitative estimate of drug-likeness (QED) is 0.365. The summed E-state index contributed by atoms with van der Waals surface area (Å²) in [4.78, 5) is 11.1. The van der Waals surface area contributed by atoms with Crippen LogP contribution in [0.3, 0.4) is 0 Å². The minimum atomic E-state index is 0.427. The molecule has 4 nitrogen and oxygen atoms in total. The van der Waals surface area contributed by atoms with Crippen molar-refractivity contribution in [2.24, 2.45) is 15.9 Å². The summed E-state index contributed by atoms with van der Waals surface area (Å²) in [6, 6.07) is 15.3. The first-order chi connectivity index (χ1) is 16.7. The molecule has 0 amide bonds. The van der Waals surface area contributed by atoms with Crippen LogP contribution in [0.1, 0.15) is 51.7 Å². The molecule has 1 aliphatic rings. The van der Waals surface area contributed by atoms with Gasteiger partial charge in [0, 0.05) is 36.0 Å².